The summed E-state index contributed by atoms with van der Waals surface area (Å²) < 4.78 is 5.19. The monoisotopic (exact) mass is 358 g/mol. The molecule has 1 amide bonds. The van der Waals surface area contributed by atoms with E-state index < -0.39 is 5.97 Å². The largest absolute Gasteiger partial charge is 0.451 e. The third-order valence-corrected chi connectivity index (χ3v) is 4.71. The molecule has 1 heterocycles. The van der Waals surface area contributed by atoms with Crippen molar-refractivity contribution in [1.29, 1.82) is 0 Å². The van der Waals surface area contributed by atoms with E-state index in [2.05, 4.69) is 11.6 Å². The molecule has 0 aliphatic rings. The van der Waals surface area contributed by atoms with Crippen molar-refractivity contribution in [2.24, 2.45) is 0 Å². The normalized spacial score (nSPS) is 10.4. The van der Waals surface area contributed by atoms with Gasteiger partial charge in [0.1, 0.15) is 9.88 Å². The Balaban J connectivity index is 2.03. The van der Waals surface area contributed by atoms with Crippen LogP contribution < -0.4 is 0 Å². The number of ether oxygens (including phenoxy) is 1. The van der Waals surface area contributed by atoms with Crippen LogP contribution in [0.4, 0.5) is 0 Å². The zero-order valence-corrected chi connectivity index (χ0v) is 15.6. The van der Waals surface area contributed by atoms with Gasteiger partial charge in [-0.3, -0.25) is 4.79 Å². The van der Waals surface area contributed by atoms with Crippen LogP contribution in [0.1, 0.15) is 29.2 Å². The molecule has 6 heteroatoms. The van der Waals surface area contributed by atoms with E-state index in [1.807, 2.05) is 44.2 Å². The topological polar surface area (TPSA) is 59.5 Å². The predicted octanol–water partition coefficient (Wildman–Crippen LogP) is 3.70. The van der Waals surface area contributed by atoms with Gasteiger partial charge in [0.15, 0.2) is 6.61 Å². The van der Waals surface area contributed by atoms with Gasteiger partial charge in [0.05, 0.1) is 5.69 Å². The van der Waals surface area contributed by atoms with Crippen LogP contribution >= 0.6 is 11.3 Å². The second kappa shape index (κ2) is 8.58. The fourth-order valence-electron chi connectivity index (χ4n) is 2.28. The van der Waals surface area contributed by atoms with E-state index in [4.69, 9.17) is 4.74 Å². The lowest BCUT2D eigenvalue weighted by Gasteiger charge is -2.20. The summed E-state index contributed by atoms with van der Waals surface area (Å²) in [7, 11) is 0. The van der Waals surface area contributed by atoms with Crippen molar-refractivity contribution < 1.29 is 14.3 Å². The molecule has 0 fully saturated rings. The van der Waals surface area contributed by atoms with Crippen molar-refractivity contribution in [3.8, 4) is 10.6 Å². The molecule has 0 bridgehead atoms. The predicted molar refractivity (Wildman–Crippen MR) is 99.6 cm³/mol. The number of carbonyl (C=O) groups excluding carboxylic acids is 2. The molecule has 0 saturated carbocycles. The van der Waals surface area contributed by atoms with Crippen molar-refractivity contribution in [2.45, 2.75) is 20.8 Å². The molecule has 0 aliphatic heterocycles. The lowest BCUT2D eigenvalue weighted by atomic mass is 10.2. The highest BCUT2D eigenvalue weighted by molar-refractivity contribution is 7.17. The number of hydrogen-bond donors (Lipinski definition) is 0. The molecule has 5 nitrogen and oxygen atoms in total. The second-order valence-corrected chi connectivity index (χ2v) is 6.74. The van der Waals surface area contributed by atoms with Gasteiger partial charge >= 0.3 is 5.97 Å². The fourth-order valence-corrected chi connectivity index (χ4v) is 3.24. The summed E-state index contributed by atoms with van der Waals surface area (Å²) in [5.74, 6) is -0.749. The zero-order chi connectivity index (χ0) is 18.4. The molecular formula is C19H22N2O3S. The molecule has 0 N–H and O–H groups in total. The van der Waals surface area contributed by atoms with E-state index in [1.165, 1.54) is 11.3 Å². The first-order valence-electron chi connectivity index (χ1n) is 8.04. The number of aryl methyl sites for hydroxylation is 1. The number of esters is 1. The molecule has 1 aromatic heterocycles. The third kappa shape index (κ3) is 5.00. The first kappa shape index (κ1) is 18.9. The standard InChI is InChI=1S/C19H22N2O3S/c1-5-21(11-13(2)3)16(22)12-24-19(23)17-14(4)20-18(25-17)15-9-7-6-8-10-15/h6-10H,2,5,11-12H2,1,3-4H3. The third-order valence-electron chi connectivity index (χ3n) is 3.52. The van der Waals surface area contributed by atoms with Crippen LogP contribution in [0.2, 0.25) is 0 Å². The van der Waals surface area contributed by atoms with Gasteiger partial charge in [-0.05, 0) is 20.8 Å². The Labute approximate surface area is 152 Å². The van der Waals surface area contributed by atoms with Gasteiger partial charge in [-0.1, -0.05) is 42.5 Å². The molecular weight excluding hydrogens is 336 g/mol. The summed E-state index contributed by atoms with van der Waals surface area (Å²) >= 11 is 1.27. The summed E-state index contributed by atoms with van der Waals surface area (Å²) in [6.45, 7) is 10.0. The highest BCUT2D eigenvalue weighted by Crippen LogP contribution is 2.28. The summed E-state index contributed by atoms with van der Waals surface area (Å²) in [5.41, 5.74) is 2.44. The lowest BCUT2D eigenvalue weighted by molar-refractivity contribution is -0.133. The number of carbonyl (C=O) groups is 2. The molecule has 0 atom stereocenters. The van der Waals surface area contributed by atoms with Crippen molar-refractivity contribution in [3.63, 3.8) is 0 Å². The molecule has 132 valence electrons. The second-order valence-electron chi connectivity index (χ2n) is 5.74. The van der Waals surface area contributed by atoms with E-state index in [0.717, 1.165) is 16.1 Å². The van der Waals surface area contributed by atoms with Crippen molar-refractivity contribution >= 4 is 23.2 Å². The number of aromatic nitrogens is 1. The van der Waals surface area contributed by atoms with Gasteiger partial charge in [0, 0.05) is 18.7 Å². The number of rotatable bonds is 7. The first-order valence-corrected chi connectivity index (χ1v) is 8.86. The number of likely N-dealkylation sites (N-methyl/N-ethyl adjacent to an activating group) is 1. The SMILES string of the molecule is C=C(C)CN(CC)C(=O)COC(=O)c1sc(-c2ccccc2)nc1C. The number of benzene rings is 1. The molecule has 25 heavy (non-hydrogen) atoms. The van der Waals surface area contributed by atoms with Crippen molar-refractivity contribution in [3.05, 3.63) is 53.1 Å². The van der Waals surface area contributed by atoms with Crippen LogP contribution in [-0.4, -0.2) is 41.5 Å². The highest BCUT2D eigenvalue weighted by Gasteiger charge is 2.20. The van der Waals surface area contributed by atoms with Gasteiger partial charge < -0.3 is 9.64 Å². The van der Waals surface area contributed by atoms with E-state index in [9.17, 15) is 9.59 Å². The smallest absolute Gasteiger partial charge is 0.350 e. The maximum atomic E-state index is 12.3. The molecule has 1 aromatic carbocycles. The molecule has 0 aliphatic carbocycles. The van der Waals surface area contributed by atoms with Crippen LogP contribution in [0.25, 0.3) is 10.6 Å². The number of hydrogen-bond acceptors (Lipinski definition) is 5. The van der Waals surface area contributed by atoms with Gasteiger partial charge in [-0.25, -0.2) is 9.78 Å². The quantitative estimate of drug-likeness (QED) is 0.559. The maximum absolute atomic E-state index is 12.3. The summed E-state index contributed by atoms with van der Waals surface area (Å²) in [5, 5.41) is 0.758. The Bertz CT molecular complexity index is 768. The summed E-state index contributed by atoms with van der Waals surface area (Å²) in [6, 6.07) is 9.64. The van der Waals surface area contributed by atoms with E-state index in [1.54, 1.807) is 11.8 Å². The first-order chi connectivity index (χ1) is 11.9. The van der Waals surface area contributed by atoms with Crippen LogP contribution in [0.5, 0.6) is 0 Å². The van der Waals surface area contributed by atoms with Crippen LogP contribution in [0.15, 0.2) is 42.5 Å². The van der Waals surface area contributed by atoms with Gasteiger partial charge in [-0.15, -0.1) is 11.3 Å². The van der Waals surface area contributed by atoms with Crippen LogP contribution in [0, 0.1) is 6.92 Å². The van der Waals surface area contributed by atoms with Crippen LogP contribution in [0.3, 0.4) is 0 Å². The minimum Gasteiger partial charge on any atom is -0.451 e. The van der Waals surface area contributed by atoms with Gasteiger partial charge in [0.2, 0.25) is 0 Å². The Morgan fingerprint density at radius 3 is 2.56 bits per heavy atom. The minimum atomic E-state index is -0.517. The Kier molecular flexibility index (Phi) is 6.47. The van der Waals surface area contributed by atoms with E-state index in [-0.39, 0.29) is 12.5 Å². The summed E-state index contributed by atoms with van der Waals surface area (Å²) in [6.07, 6.45) is 0. The number of nitrogens with zero attached hydrogens (tertiary/aromatic N) is 2. The average Bonchev–Trinajstić information content (AvgIpc) is 2.99. The highest BCUT2D eigenvalue weighted by atomic mass is 32.1. The number of thiazole rings is 1. The van der Waals surface area contributed by atoms with E-state index in [0.29, 0.717) is 23.7 Å². The number of amides is 1. The summed E-state index contributed by atoms with van der Waals surface area (Å²) in [4.78, 5) is 30.9. The molecule has 2 rings (SSSR count). The molecule has 0 spiro atoms. The molecule has 0 saturated heterocycles. The zero-order valence-electron chi connectivity index (χ0n) is 14.7. The van der Waals surface area contributed by atoms with E-state index >= 15 is 0 Å². The molecule has 0 unspecified atom stereocenters. The Morgan fingerprint density at radius 2 is 1.96 bits per heavy atom. The van der Waals surface area contributed by atoms with Gasteiger partial charge in [0.25, 0.3) is 5.91 Å². The van der Waals surface area contributed by atoms with Crippen molar-refractivity contribution in [2.75, 3.05) is 19.7 Å². The molecule has 2 aromatic rings. The minimum absolute atomic E-state index is 0.232. The molecule has 0 radical (unpaired) electrons. The van der Waals surface area contributed by atoms with Gasteiger partial charge in [-0.2, -0.15) is 0 Å². The lowest BCUT2D eigenvalue weighted by Crippen LogP contribution is -2.35. The Hall–Kier alpha value is -2.47. The Morgan fingerprint density at radius 1 is 1.28 bits per heavy atom. The maximum Gasteiger partial charge on any atom is 0.350 e. The van der Waals surface area contributed by atoms with Crippen LogP contribution in [-0.2, 0) is 9.53 Å². The fraction of sp³-hybridized carbons (Fsp3) is 0.316. The average molecular weight is 358 g/mol. The van der Waals surface area contributed by atoms with Crippen molar-refractivity contribution in [1.82, 2.24) is 9.88 Å².